The normalized spacial score (nSPS) is 14.9. The molecule has 5 heteroatoms. The van der Waals surface area contributed by atoms with E-state index in [0.717, 1.165) is 5.56 Å². The van der Waals surface area contributed by atoms with Gasteiger partial charge in [0, 0.05) is 24.6 Å². The number of methoxy groups -OCH3 is 1. The molecule has 2 aromatic carbocycles. The van der Waals surface area contributed by atoms with Crippen molar-refractivity contribution in [2.24, 2.45) is 0 Å². The van der Waals surface area contributed by atoms with E-state index in [4.69, 9.17) is 4.74 Å². The first-order chi connectivity index (χ1) is 12.4. The summed E-state index contributed by atoms with van der Waals surface area (Å²) in [5, 5.41) is 0. The van der Waals surface area contributed by atoms with Crippen LogP contribution in [0.15, 0.2) is 54.1 Å². The number of anilines is 1. The van der Waals surface area contributed by atoms with Crippen LogP contribution in [0.2, 0.25) is 0 Å². The van der Waals surface area contributed by atoms with Gasteiger partial charge in [-0.2, -0.15) is 0 Å². The summed E-state index contributed by atoms with van der Waals surface area (Å²) in [6, 6.07) is 14.3. The Kier molecular flexibility index (Phi) is 4.71. The van der Waals surface area contributed by atoms with Crippen molar-refractivity contribution in [3.05, 3.63) is 70.8 Å². The molecule has 0 atom stereocenters. The Morgan fingerprint density at radius 2 is 1.69 bits per heavy atom. The third kappa shape index (κ3) is 3.04. The topological polar surface area (TPSA) is 63.7 Å². The average molecular weight is 349 g/mol. The van der Waals surface area contributed by atoms with E-state index in [1.165, 1.54) is 12.0 Å². The fourth-order valence-electron chi connectivity index (χ4n) is 3.05. The zero-order valence-electron chi connectivity index (χ0n) is 14.9. The van der Waals surface area contributed by atoms with E-state index in [2.05, 4.69) is 0 Å². The van der Waals surface area contributed by atoms with Crippen LogP contribution in [0.25, 0.3) is 5.57 Å². The Morgan fingerprint density at radius 3 is 2.35 bits per heavy atom. The molecule has 1 aliphatic heterocycles. The highest BCUT2D eigenvalue weighted by atomic mass is 16.5. The Morgan fingerprint density at radius 1 is 1.04 bits per heavy atom. The molecule has 0 aromatic heterocycles. The molecule has 0 saturated heterocycles. The van der Waals surface area contributed by atoms with Crippen LogP contribution in [0.3, 0.4) is 0 Å². The number of carbonyl (C=O) groups is 3. The van der Waals surface area contributed by atoms with Gasteiger partial charge in [-0.25, -0.2) is 4.79 Å². The molecule has 1 heterocycles. The van der Waals surface area contributed by atoms with Crippen molar-refractivity contribution in [1.82, 2.24) is 0 Å². The van der Waals surface area contributed by atoms with Crippen molar-refractivity contribution in [3.63, 3.8) is 0 Å². The highest BCUT2D eigenvalue weighted by Crippen LogP contribution is 2.38. The van der Waals surface area contributed by atoms with E-state index in [0.29, 0.717) is 16.8 Å². The fraction of sp³-hybridized carbons (Fsp3) is 0.190. The number of ether oxygens (including phenoxy) is 1. The number of rotatable bonds is 4. The van der Waals surface area contributed by atoms with Gasteiger partial charge in [0.15, 0.2) is 5.78 Å². The van der Waals surface area contributed by atoms with E-state index in [1.54, 1.807) is 37.4 Å². The number of amides is 1. The second-order valence-corrected chi connectivity index (χ2v) is 6.19. The highest BCUT2D eigenvalue weighted by molar-refractivity contribution is 6.36. The SMILES string of the molecule is COC(=O)/C(CC(=O)c1ccc(C)cc1)=C1/C(=O)N(C)c2ccccc21. The van der Waals surface area contributed by atoms with Crippen LogP contribution in [0.4, 0.5) is 5.69 Å². The smallest absolute Gasteiger partial charge is 0.335 e. The third-order valence-electron chi connectivity index (χ3n) is 4.50. The van der Waals surface area contributed by atoms with Gasteiger partial charge < -0.3 is 9.64 Å². The minimum atomic E-state index is -0.668. The first kappa shape index (κ1) is 17.6. The van der Waals surface area contributed by atoms with Crippen LogP contribution < -0.4 is 4.90 Å². The van der Waals surface area contributed by atoms with Crippen molar-refractivity contribution in [2.75, 3.05) is 19.1 Å². The number of aryl methyl sites for hydroxylation is 1. The maximum absolute atomic E-state index is 12.7. The van der Waals surface area contributed by atoms with Gasteiger partial charge in [-0.15, -0.1) is 0 Å². The van der Waals surface area contributed by atoms with Gasteiger partial charge in [0.05, 0.1) is 23.9 Å². The molecular weight excluding hydrogens is 330 g/mol. The number of Topliss-reactive ketones (excluding diaryl/α,β-unsaturated/α-hetero) is 1. The summed E-state index contributed by atoms with van der Waals surface area (Å²) in [6.07, 6.45) is -0.195. The van der Waals surface area contributed by atoms with Crippen molar-refractivity contribution >= 4 is 28.9 Å². The number of para-hydroxylation sites is 1. The Labute approximate surface area is 151 Å². The second kappa shape index (κ2) is 6.96. The predicted octanol–water partition coefficient (Wildman–Crippen LogP) is 3.17. The van der Waals surface area contributed by atoms with Crippen molar-refractivity contribution in [1.29, 1.82) is 0 Å². The summed E-state index contributed by atoms with van der Waals surface area (Å²) in [4.78, 5) is 39.3. The number of likely N-dealkylation sites (N-methyl/N-ethyl adjacent to an activating group) is 1. The number of nitrogens with zero attached hydrogens (tertiary/aromatic N) is 1. The average Bonchev–Trinajstić information content (AvgIpc) is 2.91. The minimum Gasteiger partial charge on any atom is -0.466 e. The lowest BCUT2D eigenvalue weighted by Crippen LogP contribution is -2.23. The quantitative estimate of drug-likeness (QED) is 0.483. The first-order valence-corrected chi connectivity index (χ1v) is 8.22. The third-order valence-corrected chi connectivity index (χ3v) is 4.50. The van der Waals surface area contributed by atoms with Crippen LogP contribution >= 0.6 is 0 Å². The standard InChI is InChI=1S/C21H19NO4/c1-13-8-10-14(11-9-13)18(23)12-16(21(25)26-3)19-15-6-4-5-7-17(15)22(2)20(19)24/h4-11H,12H2,1-3H3/b19-16+. The van der Waals surface area contributed by atoms with Crippen molar-refractivity contribution in [3.8, 4) is 0 Å². The largest absolute Gasteiger partial charge is 0.466 e. The molecule has 0 unspecified atom stereocenters. The Bertz CT molecular complexity index is 925. The van der Waals surface area contributed by atoms with Crippen LogP contribution in [0.5, 0.6) is 0 Å². The molecule has 0 aliphatic carbocycles. The van der Waals surface area contributed by atoms with Gasteiger partial charge in [0.1, 0.15) is 0 Å². The minimum absolute atomic E-state index is 0.0832. The Balaban J connectivity index is 2.08. The van der Waals surface area contributed by atoms with E-state index in [-0.39, 0.29) is 29.3 Å². The number of fused-ring (bicyclic) bond motifs is 1. The molecule has 0 saturated carbocycles. The monoisotopic (exact) mass is 349 g/mol. The van der Waals surface area contributed by atoms with Crippen molar-refractivity contribution < 1.29 is 19.1 Å². The van der Waals surface area contributed by atoms with Crippen LogP contribution in [0, 0.1) is 6.92 Å². The molecule has 1 aliphatic rings. The van der Waals surface area contributed by atoms with E-state index in [1.807, 2.05) is 25.1 Å². The molecule has 0 spiro atoms. The summed E-state index contributed by atoms with van der Waals surface area (Å²) in [5.41, 5.74) is 3.18. The zero-order valence-corrected chi connectivity index (χ0v) is 14.9. The maximum atomic E-state index is 12.7. The van der Waals surface area contributed by atoms with Gasteiger partial charge in [0.2, 0.25) is 0 Å². The number of hydrogen-bond donors (Lipinski definition) is 0. The molecule has 3 rings (SSSR count). The summed E-state index contributed by atoms with van der Waals surface area (Å²) < 4.78 is 4.86. The summed E-state index contributed by atoms with van der Waals surface area (Å²) in [6.45, 7) is 1.93. The fourth-order valence-corrected chi connectivity index (χ4v) is 3.05. The Hall–Kier alpha value is -3.21. The molecule has 1 amide bonds. The maximum Gasteiger partial charge on any atom is 0.335 e. The molecule has 5 nitrogen and oxygen atoms in total. The van der Waals surface area contributed by atoms with Crippen LogP contribution in [0.1, 0.15) is 27.9 Å². The lowest BCUT2D eigenvalue weighted by molar-refractivity contribution is -0.136. The van der Waals surface area contributed by atoms with E-state index < -0.39 is 5.97 Å². The van der Waals surface area contributed by atoms with Gasteiger partial charge in [-0.05, 0) is 13.0 Å². The summed E-state index contributed by atoms with van der Waals surface area (Å²) >= 11 is 0. The zero-order chi connectivity index (χ0) is 18.8. The highest BCUT2D eigenvalue weighted by Gasteiger charge is 2.35. The van der Waals surface area contributed by atoms with Gasteiger partial charge in [-0.1, -0.05) is 48.0 Å². The summed E-state index contributed by atoms with van der Waals surface area (Å²) in [5.74, 6) is -1.22. The van der Waals surface area contributed by atoms with E-state index in [9.17, 15) is 14.4 Å². The molecule has 0 radical (unpaired) electrons. The van der Waals surface area contributed by atoms with Gasteiger partial charge >= 0.3 is 5.97 Å². The molecule has 132 valence electrons. The number of hydrogen-bond acceptors (Lipinski definition) is 4. The lowest BCUT2D eigenvalue weighted by Gasteiger charge is -2.10. The molecule has 0 bridgehead atoms. The number of esters is 1. The first-order valence-electron chi connectivity index (χ1n) is 8.22. The lowest BCUT2D eigenvalue weighted by atomic mass is 9.95. The molecule has 2 aromatic rings. The molecule has 0 fully saturated rings. The van der Waals surface area contributed by atoms with Crippen LogP contribution in [-0.2, 0) is 14.3 Å². The second-order valence-electron chi connectivity index (χ2n) is 6.19. The van der Waals surface area contributed by atoms with Crippen LogP contribution in [-0.4, -0.2) is 31.8 Å². The number of carbonyl (C=O) groups excluding carboxylic acids is 3. The number of benzene rings is 2. The van der Waals surface area contributed by atoms with Crippen molar-refractivity contribution in [2.45, 2.75) is 13.3 Å². The van der Waals surface area contributed by atoms with E-state index >= 15 is 0 Å². The molecular formula is C21H19NO4. The summed E-state index contributed by atoms with van der Waals surface area (Å²) in [7, 11) is 2.89. The molecule has 26 heavy (non-hydrogen) atoms. The molecule has 0 N–H and O–H groups in total. The number of ketones is 1. The van der Waals surface area contributed by atoms with Gasteiger partial charge in [0.25, 0.3) is 5.91 Å². The van der Waals surface area contributed by atoms with Gasteiger partial charge in [-0.3, -0.25) is 9.59 Å². The predicted molar refractivity (Wildman–Crippen MR) is 98.9 cm³/mol.